The van der Waals surface area contributed by atoms with Gasteiger partial charge in [-0.15, -0.1) is 0 Å². The van der Waals surface area contributed by atoms with E-state index >= 15 is 0 Å². The summed E-state index contributed by atoms with van der Waals surface area (Å²) in [6.45, 7) is 6.02. The Bertz CT molecular complexity index is 853. The number of aromatic nitrogens is 3. The molecule has 5 nitrogen and oxygen atoms in total. The molecule has 1 aliphatic heterocycles. The Morgan fingerprint density at radius 2 is 2.00 bits per heavy atom. The van der Waals surface area contributed by atoms with Crippen LogP contribution in [0.2, 0.25) is 0 Å². The van der Waals surface area contributed by atoms with Crippen LogP contribution in [0.5, 0.6) is 0 Å². The topological polar surface area (TPSA) is 43.1 Å². The number of carbonyl (C=O) groups is 1. The molecule has 1 fully saturated rings. The number of hydrogen-bond acceptors (Lipinski definition) is 4. The molecule has 1 aromatic carbocycles. The van der Waals surface area contributed by atoms with Crippen LogP contribution in [0.1, 0.15) is 43.1 Å². The second-order valence-corrected chi connectivity index (χ2v) is 7.30. The lowest BCUT2D eigenvalue weighted by molar-refractivity contribution is 0.0798. The molecule has 1 saturated heterocycles. The van der Waals surface area contributed by atoms with E-state index in [1.807, 2.05) is 18.4 Å². The molecule has 140 valence electrons. The van der Waals surface area contributed by atoms with Crippen molar-refractivity contribution in [2.75, 3.05) is 13.1 Å². The summed E-state index contributed by atoms with van der Waals surface area (Å²) in [6.07, 6.45) is 2.94. The van der Waals surface area contributed by atoms with Crippen molar-refractivity contribution in [2.24, 2.45) is 5.92 Å². The maximum absolute atomic E-state index is 13.8. The first-order valence-electron chi connectivity index (χ1n) is 8.72. The van der Waals surface area contributed by atoms with Crippen LogP contribution in [0.25, 0.3) is 0 Å². The quantitative estimate of drug-likeness (QED) is 0.584. The second kappa shape index (κ2) is 7.75. The average molecular weight is 380 g/mol. The van der Waals surface area contributed by atoms with Gasteiger partial charge >= 0.3 is 0 Å². The summed E-state index contributed by atoms with van der Waals surface area (Å²) in [5.41, 5.74) is -0.152. The van der Waals surface area contributed by atoms with Crippen molar-refractivity contribution in [2.45, 2.75) is 39.4 Å². The number of Topliss-reactive ketones (excluding diaryl/α,β-unsaturated/α-hetero) is 1. The Labute approximate surface area is 156 Å². The zero-order valence-electron chi connectivity index (χ0n) is 14.9. The summed E-state index contributed by atoms with van der Waals surface area (Å²) in [5.74, 6) is -1.86. The molecule has 3 rings (SSSR count). The van der Waals surface area contributed by atoms with Crippen molar-refractivity contribution >= 4 is 18.0 Å². The van der Waals surface area contributed by atoms with E-state index in [2.05, 4.69) is 10.00 Å². The summed E-state index contributed by atoms with van der Waals surface area (Å²) in [6, 6.07) is 3.27. The Hall–Kier alpha value is -1.93. The van der Waals surface area contributed by atoms with Crippen LogP contribution in [0, 0.1) is 22.3 Å². The lowest BCUT2D eigenvalue weighted by Gasteiger charge is -2.31. The minimum Gasteiger partial charge on any atom is -0.304 e. The van der Waals surface area contributed by atoms with Crippen LogP contribution in [0.4, 0.5) is 8.78 Å². The van der Waals surface area contributed by atoms with Gasteiger partial charge in [0.15, 0.2) is 10.6 Å². The maximum atomic E-state index is 13.8. The van der Waals surface area contributed by atoms with Gasteiger partial charge in [0.25, 0.3) is 0 Å². The smallest absolute Gasteiger partial charge is 0.199 e. The minimum absolute atomic E-state index is 0.152. The molecular weight excluding hydrogens is 358 g/mol. The lowest BCUT2D eigenvalue weighted by atomic mass is 9.89. The third-order valence-corrected chi connectivity index (χ3v) is 5.22. The van der Waals surface area contributed by atoms with Crippen LogP contribution in [-0.2, 0) is 6.67 Å². The van der Waals surface area contributed by atoms with E-state index in [0.717, 1.165) is 18.2 Å². The highest BCUT2D eigenvalue weighted by molar-refractivity contribution is 7.71. The van der Waals surface area contributed by atoms with Gasteiger partial charge in [-0.1, -0.05) is 0 Å². The van der Waals surface area contributed by atoms with Gasteiger partial charge in [-0.25, -0.2) is 13.5 Å². The van der Waals surface area contributed by atoms with E-state index in [1.165, 1.54) is 0 Å². The highest BCUT2D eigenvalue weighted by Gasteiger charge is 2.28. The highest BCUT2D eigenvalue weighted by Crippen LogP contribution is 2.24. The Kier molecular flexibility index (Phi) is 5.62. The van der Waals surface area contributed by atoms with Crippen LogP contribution < -0.4 is 0 Å². The predicted octanol–water partition coefficient (Wildman–Crippen LogP) is 3.83. The molecule has 2 aromatic rings. The fourth-order valence-corrected chi connectivity index (χ4v) is 3.60. The number of halogens is 2. The van der Waals surface area contributed by atoms with Gasteiger partial charge in [-0.3, -0.25) is 9.69 Å². The highest BCUT2D eigenvalue weighted by atomic mass is 32.1. The van der Waals surface area contributed by atoms with Crippen LogP contribution >= 0.6 is 12.2 Å². The molecular formula is C18H22F2N4OS. The molecule has 0 bridgehead atoms. The fraction of sp³-hybridized carbons (Fsp3) is 0.500. The van der Waals surface area contributed by atoms with Crippen molar-refractivity contribution < 1.29 is 13.6 Å². The van der Waals surface area contributed by atoms with Crippen LogP contribution in [-0.4, -0.2) is 38.1 Å². The summed E-state index contributed by atoms with van der Waals surface area (Å²) in [4.78, 5) is 14.7. The van der Waals surface area contributed by atoms with E-state index < -0.39 is 11.6 Å². The summed E-state index contributed by atoms with van der Waals surface area (Å²) in [7, 11) is 0. The van der Waals surface area contributed by atoms with E-state index in [9.17, 15) is 13.6 Å². The van der Waals surface area contributed by atoms with E-state index in [0.29, 0.717) is 37.4 Å². The maximum Gasteiger partial charge on any atom is 0.199 e. The molecule has 0 amide bonds. The van der Waals surface area contributed by atoms with Crippen LogP contribution in [0.15, 0.2) is 24.5 Å². The molecule has 26 heavy (non-hydrogen) atoms. The Morgan fingerprint density at radius 3 is 2.62 bits per heavy atom. The first kappa shape index (κ1) is 18.8. The lowest BCUT2D eigenvalue weighted by Crippen LogP contribution is -2.38. The zero-order valence-corrected chi connectivity index (χ0v) is 15.7. The molecule has 0 radical (unpaired) electrons. The van der Waals surface area contributed by atoms with E-state index in [-0.39, 0.29) is 23.3 Å². The first-order valence-corrected chi connectivity index (χ1v) is 9.13. The molecule has 1 aromatic heterocycles. The zero-order chi connectivity index (χ0) is 18.8. The van der Waals surface area contributed by atoms with Gasteiger partial charge < -0.3 is 4.57 Å². The Balaban J connectivity index is 1.62. The molecule has 0 saturated carbocycles. The normalized spacial score (nSPS) is 16.3. The van der Waals surface area contributed by atoms with Crippen LogP contribution in [0.3, 0.4) is 0 Å². The molecule has 0 atom stereocenters. The van der Waals surface area contributed by atoms with Gasteiger partial charge in [-0.2, -0.15) is 5.10 Å². The molecule has 0 aliphatic carbocycles. The van der Waals surface area contributed by atoms with Gasteiger partial charge in [0.2, 0.25) is 0 Å². The van der Waals surface area contributed by atoms with Crippen molar-refractivity contribution in [3.63, 3.8) is 0 Å². The molecule has 8 heteroatoms. The first-order chi connectivity index (χ1) is 12.4. The van der Waals surface area contributed by atoms with Crippen molar-refractivity contribution in [3.8, 4) is 0 Å². The summed E-state index contributed by atoms with van der Waals surface area (Å²) >= 11 is 5.43. The largest absolute Gasteiger partial charge is 0.304 e. The number of ketones is 1. The minimum atomic E-state index is -0.663. The predicted molar refractivity (Wildman–Crippen MR) is 96.4 cm³/mol. The molecule has 0 unspecified atom stereocenters. The molecule has 1 aliphatic rings. The monoisotopic (exact) mass is 380 g/mol. The number of carbonyl (C=O) groups excluding carboxylic acids is 1. The van der Waals surface area contributed by atoms with Gasteiger partial charge in [0.1, 0.15) is 18.0 Å². The number of benzene rings is 1. The van der Waals surface area contributed by atoms with Crippen molar-refractivity contribution in [3.05, 3.63) is 46.5 Å². The molecule has 0 N–H and O–H groups in total. The fourth-order valence-electron chi connectivity index (χ4n) is 3.23. The molecule has 2 heterocycles. The van der Waals surface area contributed by atoms with Crippen molar-refractivity contribution in [1.29, 1.82) is 0 Å². The number of piperidine rings is 1. The summed E-state index contributed by atoms with van der Waals surface area (Å²) < 4.78 is 31.5. The van der Waals surface area contributed by atoms with E-state index in [1.54, 1.807) is 11.0 Å². The number of nitrogens with zero attached hydrogens (tertiary/aromatic N) is 4. The second-order valence-electron chi connectivity index (χ2n) is 6.94. The van der Waals surface area contributed by atoms with Gasteiger partial charge in [0.05, 0.1) is 12.2 Å². The number of hydrogen-bond donors (Lipinski definition) is 0. The van der Waals surface area contributed by atoms with Gasteiger partial charge in [-0.05, 0) is 57.1 Å². The number of rotatable bonds is 5. The Morgan fingerprint density at radius 1 is 1.31 bits per heavy atom. The summed E-state index contributed by atoms with van der Waals surface area (Å²) in [5, 5.41) is 4.33. The third-order valence-electron chi connectivity index (χ3n) is 4.80. The SMILES string of the molecule is CC(C)n1cnn(CN2CCC(C(=O)c3cc(F)ccc3F)CC2)c1=S. The standard InChI is InChI=1S/C18H22F2N4OS/c1-12(2)23-10-21-24(18(23)26)11-22-7-5-13(6-8-22)17(25)15-9-14(19)3-4-16(15)20/h3-4,9-10,12-13H,5-8,11H2,1-2H3. The third kappa shape index (κ3) is 3.91. The average Bonchev–Trinajstić information content (AvgIpc) is 2.98. The number of likely N-dealkylation sites (tertiary alicyclic amines) is 1. The molecule has 0 spiro atoms. The van der Waals surface area contributed by atoms with Gasteiger partial charge in [0, 0.05) is 25.0 Å². The van der Waals surface area contributed by atoms with E-state index in [4.69, 9.17) is 12.2 Å². The van der Waals surface area contributed by atoms with Crippen molar-refractivity contribution in [1.82, 2.24) is 19.2 Å².